The van der Waals surface area contributed by atoms with E-state index in [0.717, 1.165) is 23.8 Å². The van der Waals surface area contributed by atoms with Crippen molar-refractivity contribution in [2.24, 2.45) is 5.73 Å². The van der Waals surface area contributed by atoms with Crippen molar-refractivity contribution in [2.75, 3.05) is 0 Å². The molecule has 2 aromatic rings. The van der Waals surface area contributed by atoms with Gasteiger partial charge < -0.3 is 10.5 Å². The molecule has 3 nitrogen and oxygen atoms in total. The molecule has 0 radical (unpaired) electrons. The summed E-state index contributed by atoms with van der Waals surface area (Å²) in [5.41, 5.74) is 6.53. The molecule has 18 heavy (non-hydrogen) atoms. The second-order valence-electron chi connectivity index (χ2n) is 3.93. The van der Waals surface area contributed by atoms with E-state index in [1.807, 2.05) is 6.92 Å². The number of rotatable bonds is 3. The lowest BCUT2D eigenvalue weighted by molar-refractivity contribution is 0.451. The summed E-state index contributed by atoms with van der Waals surface area (Å²) in [5, 5.41) is 0. The first-order valence-electron chi connectivity index (χ1n) is 5.40. The smallest absolute Gasteiger partial charge is 0.219 e. The Morgan fingerprint density at radius 1 is 1.17 bits per heavy atom. The molecule has 0 unspecified atom stereocenters. The highest BCUT2D eigenvalue weighted by atomic mass is 19.1. The van der Waals surface area contributed by atoms with Gasteiger partial charge in [-0.05, 0) is 12.5 Å². The number of ether oxygens (including phenoxy) is 1. The first kappa shape index (κ1) is 12.4. The minimum absolute atomic E-state index is 0.0635. The zero-order valence-electron chi connectivity index (χ0n) is 9.73. The molecule has 5 heteroatoms. The molecule has 1 atom stereocenters. The van der Waals surface area contributed by atoms with Gasteiger partial charge in [-0.2, -0.15) is 0 Å². The number of hydrogen-bond acceptors (Lipinski definition) is 3. The summed E-state index contributed by atoms with van der Waals surface area (Å²) in [6, 6.07) is 6.18. The molecular weight excluding hydrogens is 238 g/mol. The molecule has 0 saturated carbocycles. The van der Waals surface area contributed by atoms with Gasteiger partial charge in [-0.15, -0.1) is 0 Å². The van der Waals surface area contributed by atoms with Crippen molar-refractivity contribution in [1.82, 2.24) is 4.98 Å². The number of hydrogen-bond donors (Lipinski definition) is 1. The maximum atomic E-state index is 12.9. The standard InChI is InChI=1S/C13H12F2N2O/c1-8(16)9-2-3-13(17-7-9)18-12-5-10(14)4-11(15)6-12/h2-8H,16H2,1H3/t8-/m0/s1. The Bertz CT molecular complexity index is 521. The molecule has 1 aromatic carbocycles. The fraction of sp³-hybridized carbons (Fsp3) is 0.154. The van der Waals surface area contributed by atoms with E-state index in [4.69, 9.17) is 10.5 Å². The average Bonchev–Trinajstić information content (AvgIpc) is 2.28. The van der Waals surface area contributed by atoms with Gasteiger partial charge in [0, 0.05) is 36.5 Å². The van der Waals surface area contributed by atoms with Crippen LogP contribution in [0.15, 0.2) is 36.5 Å². The van der Waals surface area contributed by atoms with Crippen molar-refractivity contribution >= 4 is 0 Å². The molecule has 0 bridgehead atoms. The molecule has 0 fully saturated rings. The number of nitrogens with zero attached hydrogens (tertiary/aromatic N) is 1. The summed E-state index contributed by atoms with van der Waals surface area (Å²) in [4.78, 5) is 4.01. The predicted molar refractivity (Wildman–Crippen MR) is 63.3 cm³/mol. The topological polar surface area (TPSA) is 48.1 Å². The van der Waals surface area contributed by atoms with Crippen LogP contribution < -0.4 is 10.5 Å². The van der Waals surface area contributed by atoms with E-state index in [2.05, 4.69) is 4.98 Å². The number of halogens is 2. The van der Waals surface area contributed by atoms with Crippen LogP contribution in [-0.4, -0.2) is 4.98 Å². The van der Waals surface area contributed by atoms with Crippen molar-refractivity contribution in [3.63, 3.8) is 0 Å². The van der Waals surface area contributed by atoms with Crippen LogP contribution in [0.5, 0.6) is 11.6 Å². The Morgan fingerprint density at radius 3 is 2.33 bits per heavy atom. The van der Waals surface area contributed by atoms with Gasteiger partial charge in [0.1, 0.15) is 17.4 Å². The van der Waals surface area contributed by atoms with Gasteiger partial charge in [0.25, 0.3) is 0 Å². The minimum atomic E-state index is -0.697. The predicted octanol–water partition coefficient (Wildman–Crippen LogP) is 3.17. The minimum Gasteiger partial charge on any atom is -0.439 e. The molecule has 0 saturated heterocycles. The van der Waals surface area contributed by atoms with Crippen LogP contribution in [0.25, 0.3) is 0 Å². The van der Waals surface area contributed by atoms with E-state index in [1.165, 1.54) is 0 Å². The van der Waals surface area contributed by atoms with E-state index in [-0.39, 0.29) is 17.7 Å². The molecule has 0 spiro atoms. The number of nitrogens with two attached hydrogens (primary N) is 1. The highest BCUT2D eigenvalue weighted by molar-refractivity contribution is 5.29. The summed E-state index contributed by atoms with van der Waals surface area (Å²) >= 11 is 0. The lowest BCUT2D eigenvalue weighted by atomic mass is 10.2. The van der Waals surface area contributed by atoms with Crippen LogP contribution >= 0.6 is 0 Å². The second-order valence-corrected chi connectivity index (χ2v) is 3.93. The number of pyridine rings is 1. The van der Waals surface area contributed by atoms with Gasteiger partial charge in [-0.3, -0.25) is 0 Å². The molecule has 2 N–H and O–H groups in total. The zero-order valence-corrected chi connectivity index (χ0v) is 9.73. The van der Waals surface area contributed by atoms with Crippen molar-refractivity contribution in [2.45, 2.75) is 13.0 Å². The third kappa shape index (κ3) is 3.01. The molecule has 2 rings (SSSR count). The monoisotopic (exact) mass is 250 g/mol. The Morgan fingerprint density at radius 2 is 1.83 bits per heavy atom. The summed E-state index contributed by atoms with van der Waals surface area (Å²) < 4.78 is 31.1. The second kappa shape index (κ2) is 5.10. The first-order valence-corrected chi connectivity index (χ1v) is 5.40. The van der Waals surface area contributed by atoms with Crippen LogP contribution in [0.3, 0.4) is 0 Å². The SMILES string of the molecule is C[C@H](N)c1ccc(Oc2cc(F)cc(F)c2)nc1. The molecule has 1 aromatic heterocycles. The number of aromatic nitrogens is 1. The lowest BCUT2D eigenvalue weighted by Crippen LogP contribution is -2.05. The zero-order chi connectivity index (χ0) is 13.1. The van der Waals surface area contributed by atoms with Gasteiger partial charge in [-0.25, -0.2) is 13.8 Å². The molecule has 1 heterocycles. The van der Waals surface area contributed by atoms with Gasteiger partial charge >= 0.3 is 0 Å². The molecule has 0 aliphatic heterocycles. The van der Waals surface area contributed by atoms with Gasteiger partial charge in [0.2, 0.25) is 5.88 Å². The van der Waals surface area contributed by atoms with Crippen LogP contribution in [0.1, 0.15) is 18.5 Å². The van der Waals surface area contributed by atoms with Gasteiger partial charge in [0.05, 0.1) is 0 Å². The Kier molecular flexibility index (Phi) is 3.53. The Hall–Kier alpha value is -2.01. The van der Waals surface area contributed by atoms with E-state index >= 15 is 0 Å². The average molecular weight is 250 g/mol. The fourth-order valence-electron chi connectivity index (χ4n) is 1.43. The summed E-state index contributed by atoms with van der Waals surface area (Å²) in [7, 11) is 0. The Labute approximate surface area is 103 Å². The van der Waals surface area contributed by atoms with Crippen molar-refractivity contribution in [3.05, 3.63) is 53.7 Å². The quantitative estimate of drug-likeness (QED) is 0.910. The maximum Gasteiger partial charge on any atom is 0.219 e. The summed E-state index contributed by atoms with van der Waals surface area (Å²) in [5.74, 6) is -1.08. The van der Waals surface area contributed by atoms with Gasteiger partial charge in [-0.1, -0.05) is 6.07 Å². The summed E-state index contributed by atoms with van der Waals surface area (Å²) in [6.45, 7) is 1.83. The van der Waals surface area contributed by atoms with E-state index < -0.39 is 11.6 Å². The van der Waals surface area contributed by atoms with E-state index in [9.17, 15) is 8.78 Å². The van der Waals surface area contributed by atoms with E-state index in [1.54, 1.807) is 18.3 Å². The van der Waals surface area contributed by atoms with Crippen LogP contribution in [-0.2, 0) is 0 Å². The maximum absolute atomic E-state index is 12.9. The molecule has 0 amide bonds. The first-order chi connectivity index (χ1) is 8.54. The third-order valence-electron chi connectivity index (χ3n) is 2.34. The fourth-order valence-corrected chi connectivity index (χ4v) is 1.43. The van der Waals surface area contributed by atoms with Crippen molar-refractivity contribution in [1.29, 1.82) is 0 Å². The molecule has 94 valence electrons. The normalized spacial score (nSPS) is 12.2. The van der Waals surface area contributed by atoms with Crippen LogP contribution in [0, 0.1) is 11.6 Å². The summed E-state index contributed by atoms with van der Waals surface area (Å²) in [6.07, 6.45) is 1.57. The highest BCUT2D eigenvalue weighted by Crippen LogP contribution is 2.22. The number of benzene rings is 1. The molecule has 0 aliphatic rings. The molecular formula is C13H12F2N2O. The largest absolute Gasteiger partial charge is 0.439 e. The third-order valence-corrected chi connectivity index (χ3v) is 2.34. The lowest BCUT2D eigenvalue weighted by Gasteiger charge is -2.07. The van der Waals surface area contributed by atoms with Crippen molar-refractivity contribution < 1.29 is 13.5 Å². The van der Waals surface area contributed by atoms with Crippen molar-refractivity contribution in [3.8, 4) is 11.6 Å². The van der Waals surface area contributed by atoms with E-state index in [0.29, 0.717) is 0 Å². The van der Waals surface area contributed by atoms with Crippen LogP contribution in [0.2, 0.25) is 0 Å². The van der Waals surface area contributed by atoms with Crippen LogP contribution in [0.4, 0.5) is 8.78 Å². The van der Waals surface area contributed by atoms with Gasteiger partial charge in [0.15, 0.2) is 0 Å². The molecule has 0 aliphatic carbocycles. The Balaban J connectivity index is 2.18. The highest BCUT2D eigenvalue weighted by Gasteiger charge is 2.05.